The van der Waals surface area contributed by atoms with Crippen LogP contribution < -0.4 is 15.4 Å². The molecule has 204 valence electrons. The van der Waals surface area contributed by atoms with E-state index in [1.54, 1.807) is 22.7 Å². The number of nitrogens with one attached hydrogen (secondary N) is 1. The number of hydrogen-bond acceptors (Lipinski definition) is 7. The molecule has 3 aromatic rings. The Hall–Kier alpha value is -2.73. The lowest BCUT2D eigenvalue weighted by molar-refractivity contribution is -0.896. The molecule has 38 heavy (non-hydrogen) atoms. The van der Waals surface area contributed by atoms with E-state index < -0.39 is 10.0 Å². The van der Waals surface area contributed by atoms with Gasteiger partial charge in [0.25, 0.3) is 0 Å². The monoisotopic (exact) mass is 560 g/mol. The van der Waals surface area contributed by atoms with Gasteiger partial charge in [0.2, 0.25) is 10.0 Å². The first-order valence-corrected chi connectivity index (χ1v) is 15.3. The average Bonchev–Trinajstić information content (AvgIpc) is 3.27. The average molecular weight is 561 g/mol. The van der Waals surface area contributed by atoms with Gasteiger partial charge in [0.15, 0.2) is 5.65 Å². The summed E-state index contributed by atoms with van der Waals surface area (Å²) in [4.78, 5) is 20.1. The van der Waals surface area contributed by atoms with Gasteiger partial charge in [-0.25, -0.2) is 22.7 Å². The Bertz CT molecular complexity index is 1450. The SMILES string of the molecule is Cc1cn2nc(C3CCCC[N+]3(C=O)Cc3cc(Cl)ccc3NS(C)(=O)=O)cc2nc1N1CCC(N)CC1. The third-order valence-corrected chi connectivity index (χ3v) is 8.59. The van der Waals surface area contributed by atoms with Gasteiger partial charge in [-0.15, -0.1) is 0 Å². The zero-order valence-corrected chi connectivity index (χ0v) is 23.4. The quantitative estimate of drug-likeness (QED) is 0.335. The Morgan fingerprint density at radius 2 is 1.97 bits per heavy atom. The standard InChI is InChI=1S/C26H35ClN7O3S/c1-18-15-33-25(29-26(18)32-10-8-21(28)9-11-32)14-23(30-33)24-5-3-4-12-34(24,17-35)16-19-13-20(27)6-7-22(19)31-38(2,36)37/h6-7,13-15,17,21,24,31H,3-5,8-12,16,28H2,1-2H3/q+1. The van der Waals surface area contributed by atoms with Crippen LogP contribution in [0.2, 0.25) is 5.02 Å². The molecule has 0 bridgehead atoms. The Kier molecular flexibility index (Phi) is 7.38. The third kappa shape index (κ3) is 5.51. The molecule has 3 N–H and O–H groups in total. The van der Waals surface area contributed by atoms with Crippen molar-refractivity contribution < 1.29 is 17.7 Å². The molecule has 1 amide bonds. The lowest BCUT2D eigenvalue weighted by Crippen LogP contribution is -2.51. The lowest BCUT2D eigenvalue weighted by atomic mass is 9.95. The van der Waals surface area contributed by atoms with Crippen molar-refractivity contribution in [3.8, 4) is 0 Å². The number of rotatable bonds is 7. The van der Waals surface area contributed by atoms with E-state index in [4.69, 9.17) is 27.4 Å². The summed E-state index contributed by atoms with van der Waals surface area (Å²) in [6.07, 6.45) is 8.62. The summed E-state index contributed by atoms with van der Waals surface area (Å²) in [7, 11) is -3.51. The third-order valence-electron chi connectivity index (χ3n) is 7.76. The molecular formula is C26H35ClN7O3S+. The van der Waals surface area contributed by atoms with E-state index >= 15 is 0 Å². The fourth-order valence-corrected chi connectivity index (χ4v) is 6.64. The maximum absolute atomic E-state index is 12.8. The number of piperidine rings is 2. The second-order valence-corrected chi connectivity index (χ2v) is 12.9. The minimum atomic E-state index is -3.51. The summed E-state index contributed by atoms with van der Waals surface area (Å²) in [5.74, 6) is 0.950. The molecule has 2 atom stereocenters. The van der Waals surface area contributed by atoms with Crippen LogP contribution in [0.5, 0.6) is 0 Å². The number of nitrogens with two attached hydrogens (primary N) is 1. The number of benzene rings is 1. The highest BCUT2D eigenvalue weighted by Crippen LogP contribution is 2.39. The number of carbonyl (C=O) groups is 1. The van der Waals surface area contributed by atoms with Crippen molar-refractivity contribution in [2.24, 2.45) is 5.73 Å². The molecule has 2 aliphatic rings. The molecule has 0 spiro atoms. The second-order valence-electron chi connectivity index (χ2n) is 10.7. The van der Waals surface area contributed by atoms with Crippen molar-refractivity contribution in [3.63, 3.8) is 0 Å². The summed E-state index contributed by atoms with van der Waals surface area (Å²) >= 11 is 6.30. The van der Waals surface area contributed by atoms with Gasteiger partial charge in [-0.1, -0.05) is 11.6 Å². The van der Waals surface area contributed by atoms with Gasteiger partial charge in [-0.2, -0.15) is 5.10 Å². The minimum absolute atomic E-state index is 0.110. The number of fused-ring (bicyclic) bond motifs is 1. The van der Waals surface area contributed by atoms with Gasteiger partial charge in [0, 0.05) is 54.0 Å². The molecule has 2 saturated heterocycles. The van der Waals surface area contributed by atoms with Crippen molar-refractivity contribution in [2.75, 3.05) is 35.5 Å². The maximum atomic E-state index is 12.8. The molecule has 0 saturated carbocycles. The normalized spacial score (nSPS) is 23.1. The second kappa shape index (κ2) is 10.4. The van der Waals surface area contributed by atoms with Crippen LogP contribution in [0.15, 0.2) is 30.5 Å². The van der Waals surface area contributed by atoms with E-state index in [2.05, 4.69) is 9.62 Å². The first-order chi connectivity index (χ1) is 18.1. The summed E-state index contributed by atoms with van der Waals surface area (Å²) < 4.78 is 28.5. The van der Waals surface area contributed by atoms with Gasteiger partial charge < -0.3 is 10.6 Å². The number of aromatic nitrogens is 3. The summed E-state index contributed by atoms with van der Waals surface area (Å²) in [6, 6.07) is 7.05. The molecule has 12 heteroatoms. The Balaban J connectivity index is 1.51. The van der Waals surface area contributed by atoms with Crippen LogP contribution in [0.3, 0.4) is 0 Å². The smallest absolute Gasteiger partial charge is 0.302 e. The van der Waals surface area contributed by atoms with Crippen LogP contribution in [0, 0.1) is 6.92 Å². The molecule has 4 heterocycles. The number of anilines is 2. The maximum Gasteiger partial charge on any atom is 0.302 e. The molecule has 2 aromatic heterocycles. The molecule has 2 fully saturated rings. The zero-order valence-electron chi connectivity index (χ0n) is 21.8. The highest BCUT2D eigenvalue weighted by atomic mass is 35.5. The number of hydrogen-bond donors (Lipinski definition) is 2. The molecule has 2 unspecified atom stereocenters. The number of sulfonamides is 1. The van der Waals surface area contributed by atoms with Crippen LogP contribution >= 0.6 is 11.6 Å². The van der Waals surface area contributed by atoms with Crippen LogP contribution in [0.4, 0.5) is 11.5 Å². The van der Waals surface area contributed by atoms with E-state index in [1.165, 1.54) is 0 Å². The largest absolute Gasteiger partial charge is 0.356 e. The van der Waals surface area contributed by atoms with Gasteiger partial charge in [-0.05, 0) is 50.8 Å². The summed E-state index contributed by atoms with van der Waals surface area (Å²) in [5, 5.41) is 5.37. The van der Waals surface area contributed by atoms with E-state index in [-0.39, 0.29) is 16.6 Å². The van der Waals surface area contributed by atoms with Gasteiger partial charge >= 0.3 is 6.41 Å². The van der Waals surface area contributed by atoms with Crippen molar-refractivity contribution in [2.45, 2.75) is 57.7 Å². The zero-order chi connectivity index (χ0) is 27.1. The van der Waals surface area contributed by atoms with Crippen molar-refractivity contribution in [1.29, 1.82) is 0 Å². The number of carbonyl (C=O) groups excluding carboxylic acids is 1. The first-order valence-electron chi connectivity index (χ1n) is 13.0. The highest BCUT2D eigenvalue weighted by Gasteiger charge is 2.43. The van der Waals surface area contributed by atoms with Crippen molar-refractivity contribution >= 4 is 45.2 Å². The molecule has 0 aliphatic carbocycles. The Morgan fingerprint density at radius 1 is 1.21 bits per heavy atom. The first kappa shape index (κ1) is 26.9. The fraction of sp³-hybridized carbons (Fsp3) is 0.500. The number of likely N-dealkylation sites (tertiary alicyclic amines) is 1. The highest BCUT2D eigenvalue weighted by molar-refractivity contribution is 7.92. The fourth-order valence-electron chi connectivity index (χ4n) is 5.84. The molecule has 10 nitrogen and oxygen atoms in total. The van der Waals surface area contributed by atoms with Crippen LogP contribution in [0.25, 0.3) is 5.65 Å². The van der Waals surface area contributed by atoms with E-state index in [1.807, 2.05) is 19.2 Å². The van der Waals surface area contributed by atoms with Gasteiger partial charge in [0.1, 0.15) is 24.1 Å². The van der Waals surface area contributed by atoms with Crippen LogP contribution in [-0.4, -0.2) is 65.8 Å². The lowest BCUT2D eigenvalue weighted by Gasteiger charge is -2.42. The molecule has 0 radical (unpaired) electrons. The van der Waals surface area contributed by atoms with E-state index in [9.17, 15) is 13.2 Å². The number of amides is 1. The number of halogens is 1. The topological polar surface area (TPSA) is 123 Å². The molecule has 1 aromatic carbocycles. The Labute approximate surface area is 228 Å². The molecular weight excluding hydrogens is 526 g/mol. The predicted octanol–water partition coefficient (Wildman–Crippen LogP) is 3.39. The number of aryl methyl sites for hydroxylation is 1. The molecule has 2 aliphatic heterocycles. The van der Waals surface area contributed by atoms with Crippen molar-refractivity contribution in [3.05, 3.63) is 52.3 Å². The predicted molar refractivity (Wildman–Crippen MR) is 149 cm³/mol. The van der Waals surface area contributed by atoms with E-state index in [0.29, 0.717) is 29.4 Å². The van der Waals surface area contributed by atoms with Gasteiger partial charge in [0.05, 0.1) is 18.5 Å². The Morgan fingerprint density at radius 3 is 2.68 bits per heavy atom. The minimum Gasteiger partial charge on any atom is -0.356 e. The molecule has 5 rings (SSSR count). The van der Waals surface area contributed by atoms with Gasteiger partial charge in [-0.3, -0.25) is 9.21 Å². The van der Waals surface area contributed by atoms with Crippen LogP contribution in [0.1, 0.15) is 55.0 Å². The summed E-state index contributed by atoms with van der Waals surface area (Å²) in [5.41, 5.74) is 9.79. The number of nitrogens with zero attached hydrogens (tertiary/aromatic N) is 5. The summed E-state index contributed by atoms with van der Waals surface area (Å²) in [6.45, 7) is 4.72. The van der Waals surface area contributed by atoms with Crippen molar-refractivity contribution in [1.82, 2.24) is 14.6 Å². The van der Waals surface area contributed by atoms with Crippen LogP contribution in [-0.2, 0) is 21.4 Å². The van der Waals surface area contributed by atoms with E-state index in [0.717, 1.165) is 80.6 Å². The number of quaternary nitrogens is 1.